The molecule has 0 radical (unpaired) electrons. The Morgan fingerprint density at radius 1 is 1.33 bits per heavy atom. The highest BCUT2D eigenvalue weighted by molar-refractivity contribution is 5.87. The van der Waals surface area contributed by atoms with E-state index in [4.69, 9.17) is 4.74 Å². The van der Waals surface area contributed by atoms with Crippen molar-refractivity contribution < 1.29 is 27.9 Å². The van der Waals surface area contributed by atoms with Crippen LogP contribution in [0.5, 0.6) is 0 Å². The second-order valence-corrected chi connectivity index (χ2v) is 5.89. The molecule has 0 heterocycles. The molecule has 1 N–H and O–H groups in total. The number of halogens is 2. The number of carbonyl (C=O) groups excluding carboxylic acids is 3. The van der Waals surface area contributed by atoms with Gasteiger partial charge in [0, 0.05) is 12.8 Å². The standard InChI is InChI=1S/C17H19F2NO4/c1-24-17(23)16(11-3-2-4-12(21)9-11)20-15(22)8-10-5-6-13(18)14(19)7-10/h5-7,11,16H,2-4,8-9H2,1H3,(H,20,22)/t11-,16-/m0/s1. The number of Topliss-reactive ketones (excluding diaryl/α,β-unsaturated/α-hetero) is 1. The molecule has 0 bridgehead atoms. The van der Waals surface area contributed by atoms with Gasteiger partial charge in [-0.3, -0.25) is 9.59 Å². The van der Waals surface area contributed by atoms with Crippen molar-refractivity contribution in [3.05, 3.63) is 35.4 Å². The summed E-state index contributed by atoms with van der Waals surface area (Å²) in [6.07, 6.45) is 1.79. The summed E-state index contributed by atoms with van der Waals surface area (Å²) in [5, 5.41) is 2.56. The average Bonchev–Trinajstić information content (AvgIpc) is 2.55. The number of carbonyl (C=O) groups is 3. The number of amides is 1. The van der Waals surface area contributed by atoms with Crippen LogP contribution in [-0.4, -0.2) is 30.8 Å². The van der Waals surface area contributed by atoms with Crippen LogP contribution in [0.25, 0.3) is 0 Å². The second kappa shape index (κ2) is 7.99. The summed E-state index contributed by atoms with van der Waals surface area (Å²) < 4.78 is 30.8. The van der Waals surface area contributed by atoms with E-state index in [2.05, 4.69) is 5.32 Å². The molecule has 130 valence electrons. The molecule has 5 nitrogen and oxygen atoms in total. The van der Waals surface area contributed by atoms with E-state index in [-0.39, 0.29) is 30.1 Å². The minimum atomic E-state index is -1.04. The SMILES string of the molecule is COC(=O)[C@@H](NC(=O)Cc1ccc(F)c(F)c1)[C@H]1CCCC(=O)C1. The Balaban J connectivity index is 2.05. The maximum absolute atomic E-state index is 13.2. The van der Waals surface area contributed by atoms with E-state index < -0.39 is 29.6 Å². The Bertz CT molecular complexity index is 647. The lowest BCUT2D eigenvalue weighted by Gasteiger charge is -2.28. The number of benzene rings is 1. The first-order chi connectivity index (χ1) is 11.4. The van der Waals surface area contributed by atoms with Gasteiger partial charge in [-0.25, -0.2) is 13.6 Å². The van der Waals surface area contributed by atoms with Gasteiger partial charge < -0.3 is 10.1 Å². The molecule has 2 atom stereocenters. The molecule has 0 unspecified atom stereocenters. The Morgan fingerprint density at radius 2 is 2.08 bits per heavy atom. The van der Waals surface area contributed by atoms with Crippen molar-refractivity contribution in [3.63, 3.8) is 0 Å². The molecule has 1 amide bonds. The molecule has 1 saturated carbocycles. The monoisotopic (exact) mass is 339 g/mol. The zero-order chi connectivity index (χ0) is 17.7. The summed E-state index contributed by atoms with van der Waals surface area (Å²) in [5.41, 5.74) is 0.287. The topological polar surface area (TPSA) is 72.5 Å². The number of ketones is 1. The van der Waals surface area contributed by atoms with Crippen molar-refractivity contribution in [1.82, 2.24) is 5.32 Å². The summed E-state index contributed by atoms with van der Waals surface area (Å²) in [6.45, 7) is 0. The van der Waals surface area contributed by atoms with Gasteiger partial charge in [-0.2, -0.15) is 0 Å². The Kier molecular flexibility index (Phi) is 6.00. The summed E-state index contributed by atoms with van der Waals surface area (Å²) in [6, 6.07) is 2.26. The number of hydrogen-bond donors (Lipinski definition) is 1. The van der Waals surface area contributed by atoms with Crippen molar-refractivity contribution in [2.45, 2.75) is 38.1 Å². The first-order valence-corrected chi connectivity index (χ1v) is 7.73. The number of esters is 1. The first kappa shape index (κ1) is 18.0. The van der Waals surface area contributed by atoms with Crippen LogP contribution in [0.2, 0.25) is 0 Å². The van der Waals surface area contributed by atoms with Gasteiger partial charge in [-0.15, -0.1) is 0 Å². The maximum Gasteiger partial charge on any atom is 0.328 e. The number of rotatable bonds is 5. The molecule has 0 aliphatic heterocycles. The molecule has 1 aliphatic rings. The fourth-order valence-corrected chi connectivity index (χ4v) is 2.90. The van der Waals surface area contributed by atoms with Crippen molar-refractivity contribution in [2.75, 3.05) is 7.11 Å². The highest BCUT2D eigenvalue weighted by atomic mass is 19.2. The molecule has 24 heavy (non-hydrogen) atoms. The van der Waals surface area contributed by atoms with Crippen LogP contribution in [0, 0.1) is 17.6 Å². The van der Waals surface area contributed by atoms with Gasteiger partial charge in [0.1, 0.15) is 11.8 Å². The smallest absolute Gasteiger partial charge is 0.328 e. The van der Waals surface area contributed by atoms with Crippen LogP contribution in [0.15, 0.2) is 18.2 Å². The van der Waals surface area contributed by atoms with E-state index in [9.17, 15) is 23.2 Å². The number of nitrogens with one attached hydrogen (secondary N) is 1. The van der Waals surface area contributed by atoms with Gasteiger partial charge in [0.25, 0.3) is 0 Å². The van der Waals surface area contributed by atoms with Crippen molar-refractivity contribution in [3.8, 4) is 0 Å². The second-order valence-electron chi connectivity index (χ2n) is 5.89. The quantitative estimate of drug-likeness (QED) is 0.832. The number of ether oxygens (including phenoxy) is 1. The Morgan fingerprint density at radius 3 is 2.71 bits per heavy atom. The van der Waals surface area contributed by atoms with Crippen molar-refractivity contribution in [2.24, 2.45) is 5.92 Å². The van der Waals surface area contributed by atoms with Crippen LogP contribution in [-0.2, 0) is 25.5 Å². The number of methoxy groups -OCH3 is 1. The highest BCUT2D eigenvalue weighted by Gasteiger charge is 2.34. The van der Waals surface area contributed by atoms with E-state index in [0.29, 0.717) is 19.3 Å². The summed E-state index contributed by atoms with van der Waals surface area (Å²) >= 11 is 0. The van der Waals surface area contributed by atoms with E-state index >= 15 is 0 Å². The van der Waals surface area contributed by atoms with E-state index in [0.717, 1.165) is 12.1 Å². The Labute approximate surface area is 138 Å². The molecule has 0 aromatic heterocycles. The molecule has 1 aromatic rings. The van der Waals surface area contributed by atoms with Gasteiger partial charge in [-0.05, 0) is 36.5 Å². The molecular formula is C17H19F2NO4. The predicted molar refractivity (Wildman–Crippen MR) is 81.0 cm³/mol. The van der Waals surface area contributed by atoms with Crippen molar-refractivity contribution in [1.29, 1.82) is 0 Å². The molecule has 1 aliphatic carbocycles. The van der Waals surface area contributed by atoms with E-state index in [1.54, 1.807) is 0 Å². The lowest BCUT2D eigenvalue weighted by Crippen LogP contribution is -2.48. The van der Waals surface area contributed by atoms with E-state index in [1.807, 2.05) is 0 Å². The van der Waals surface area contributed by atoms with Gasteiger partial charge in [0.05, 0.1) is 13.5 Å². The minimum absolute atomic E-state index is 0.0509. The van der Waals surface area contributed by atoms with Crippen LogP contribution >= 0.6 is 0 Å². The normalized spacial score (nSPS) is 18.8. The van der Waals surface area contributed by atoms with Crippen LogP contribution in [0.1, 0.15) is 31.2 Å². The fraction of sp³-hybridized carbons (Fsp3) is 0.471. The summed E-state index contributed by atoms with van der Waals surface area (Å²) in [4.78, 5) is 35.7. The van der Waals surface area contributed by atoms with Crippen LogP contribution < -0.4 is 5.32 Å². The molecule has 2 rings (SSSR count). The molecule has 1 fully saturated rings. The number of hydrogen-bond acceptors (Lipinski definition) is 4. The predicted octanol–water partition coefficient (Wildman–Crippen LogP) is 1.92. The average molecular weight is 339 g/mol. The molecule has 0 saturated heterocycles. The van der Waals surface area contributed by atoms with Gasteiger partial charge in [0.2, 0.25) is 5.91 Å². The van der Waals surface area contributed by atoms with Crippen molar-refractivity contribution >= 4 is 17.7 Å². The lowest BCUT2D eigenvalue weighted by molar-refractivity contribution is -0.147. The van der Waals surface area contributed by atoms with Gasteiger partial charge >= 0.3 is 5.97 Å². The van der Waals surface area contributed by atoms with Gasteiger partial charge in [-0.1, -0.05) is 6.07 Å². The molecular weight excluding hydrogens is 320 g/mol. The van der Waals surface area contributed by atoms with E-state index in [1.165, 1.54) is 13.2 Å². The van der Waals surface area contributed by atoms with Crippen LogP contribution in [0.4, 0.5) is 8.78 Å². The summed E-state index contributed by atoms with van der Waals surface area (Å²) in [7, 11) is 1.21. The highest BCUT2D eigenvalue weighted by Crippen LogP contribution is 2.25. The molecule has 1 aromatic carbocycles. The third kappa shape index (κ3) is 4.59. The molecule has 7 heteroatoms. The third-order valence-electron chi connectivity index (χ3n) is 4.11. The summed E-state index contributed by atoms with van der Waals surface area (Å²) in [5.74, 6) is -3.43. The third-order valence-corrected chi connectivity index (χ3v) is 4.11. The Hall–Kier alpha value is -2.31. The zero-order valence-corrected chi connectivity index (χ0v) is 13.3. The van der Waals surface area contributed by atoms with Crippen LogP contribution in [0.3, 0.4) is 0 Å². The maximum atomic E-state index is 13.2. The fourth-order valence-electron chi connectivity index (χ4n) is 2.90. The molecule has 0 spiro atoms. The first-order valence-electron chi connectivity index (χ1n) is 7.73. The van der Waals surface area contributed by atoms with Gasteiger partial charge in [0.15, 0.2) is 11.6 Å². The minimum Gasteiger partial charge on any atom is -0.467 e. The zero-order valence-electron chi connectivity index (χ0n) is 13.3. The lowest BCUT2D eigenvalue weighted by atomic mass is 9.83. The largest absolute Gasteiger partial charge is 0.467 e.